The smallest absolute Gasteiger partial charge is 0.269 e. The third kappa shape index (κ3) is 4.80. The van der Waals surface area contributed by atoms with Crippen molar-refractivity contribution in [1.82, 2.24) is 20.4 Å². The number of carbonyl (C=O) groups is 1. The molecule has 3 aromatic rings. The Hall–Kier alpha value is -3.11. The molecule has 2 aromatic heterocycles. The van der Waals surface area contributed by atoms with Gasteiger partial charge in [-0.1, -0.05) is 0 Å². The predicted molar refractivity (Wildman–Crippen MR) is 116 cm³/mol. The van der Waals surface area contributed by atoms with E-state index >= 15 is 0 Å². The molecule has 31 heavy (non-hydrogen) atoms. The van der Waals surface area contributed by atoms with E-state index in [0.29, 0.717) is 17.3 Å². The summed E-state index contributed by atoms with van der Waals surface area (Å²) in [6.45, 7) is 5.63. The molecule has 10 heteroatoms. The number of amides is 1. The Balaban J connectivity index is 1.33. The second-order valence-corrected chi connectivity index (χ2v) is 8.91. The lowest BCUT2D eigenvalue weighted by molar-refractivity contribution is -0.384. The maximum Gasteiger partial charge on any atom is 0.269 e. The second kappa shape index (κ2) is 8.94. The van der Waals surface area contributed by atoms with Crippen molar-refractivity contribution >= 4 is 22.9 Å². The molecule has 0 saturated carbocycles. The van der Waals surface area contributed by atoms with E-state index in [2.05, 4.69) is 20.4 Å². The lowest BCUT2D eigenvalue weighted by atomic mass is 10.0. The normalized spacial score (nSPS) is 16.2. The largest absolute Gasteiger partial charge is 0.419 e. The number of nitro groups is 1. The number of nitro benzene ring substituents is 1. The number of non-ortho nitro benzene ring substituents is 1. The highest BCUT2D eigenvalue weighted by molar-refractivity contribution is 7.13. The molecule has 1 saturated heterocycles. The minimum atomic E-state index is -0.446. The van der Waals surface area contributed by atoms with Gasteiger partial charge in [-0.05, 0) is 51.0 Å². The van der Waals surface area contributed by atoms with E-state index in [0.717, 1.165) is 35.7 Å². The molecule has 1 aliphatic heterocycles. The van der Waals surface area contributed by atoms with Crippen LogP contribution in [-0.4, -0.2) is 45.1 Å². The van der Waals surface area contributed by atoms with Crippen LogP contribution >= 0.6 is 11.3 Å². The molecule has 0 aliphatic carbocycles. The maximum absolute atomic E-state index is 12.4. The van der Waals surface area contributed by atoms with E-state index in [4.69, 9.17) is 4.42 Å². The van der Waals surface area contributed by atoms with E-state index in [-0.39, 0.29) is 23.7 Å². The zero-order valence-electron chi connectivity index (χ0n) is 17.3. The van der Waals surface area contributed by atoms with Crippen LogP contribution in [0.2, 0.25) is 0 Å². The third-order valence-corrected chi connectivity index (χ3v) is 6.50. The van der Waals surface area contributed by atoms with Gasteiger partial charge in [0.15, 0.2) is 0 Å². The summed E-state index contributed by atoms with van der Waals surface area (Å²) < 4.78 is 5.83. The number of rotatable bonds is 6. The van der Waals surface area contributed by atoms with Gasteiger partial charge >= 0.3 is 0 Å². The first-order valence-corrected chi connectivity index (χ1v) is 10.9. The molecular formula is C21H23N5O4S. The van der Waals surface area contributed by atoms with Gasteiger partial charge in [0.25, 0.3) is 11.6 Å². The van der Waals surface area contributed by atoms with Crippen molar-refractivity contribution < 1.29 is 14.1 Å². The predicted octanol–water partition coefficient (Wildman–Crippen LogP) is 3.97. The molecule has 0 radical (unpaired) electrons. The zero-order valence-corrected chi connectivity index (χ0v) is 18.1. The molecule has 4 rings (SSSR count). The average Bonchev–Trinajstić information content (AvgIpc) is 3.43. The van der Waals surface area contributed by atoms with Gasteiger partial charge in [-0.15, -0.1) is 21.5 Å². The molecule has 162 valence electrons. The van der Waals surface area contributed by atoms with E-state index in [1.165, 1.54) is 23.5 Å². The number of piperidine rings is 1. The standard InChI is InChI=1S/C21H23N5O4S/c1-13-3-8-18(31-13)19(27)22-16-9-11-25(12-10-16)14(2)20-23-24-21(30-20)15-4-6-17(7-5-15)26(28)29/h3-8,14,16H,9-12H2,1-2H3,(H,22,27). The first-order valence-electron chi connectivity index (χ1n) is 10.1. The zero-order chi connectivity index (χ0) is 22.0. The van der Waals surface area contributed by atoms with Crippen molar-refractivity contribution in [1.29, 1.82) is 0 Å². The topological polar surface area (TPSA) is 114 Å². The molecule has 9 nitrogen and oxygen atoms in total. The summed E-state index contributed by atoms with van der Waals surface area (Å²) in [5.74, 6) is 0.837. The Morgan fingerprint density at radius 2 is 1.94 bits per heavy atom. The summed E-state index contributed by atoms with van der Waals surface area (Å²) in [7, 11) is 0. The summed E-state index contributed by atoms with van der Waals surface area (Å²) >= 11 is 1.51. The number of aromatic nitrogens is 2. The average molecular weight is 442 g/mol. The Labute approximate surface area is 183 Å². The van der Waals surface area contributed by atoms with Crippen LogP contribution in [0, 0.1) is 17.0 Å². The van der Waals surface area contributed by atoms with Gasteiger partial charge in [0, 0.05) is 41.7 Å². The lowest BCUT2D eigenvalue weighted by Crippen LogP contribution is -2.45. The molecule has 1 amide bonds. The number of carbonyl (C=O) groups excluding carboxylic acids is 1. The number of nitrogens with one attached hydrogen (secondary N) is 1. The van der Waals surface area contributed by atoms with Crippen LogP contribution in [0.15, 0.2) is 40.8 Å². The van der Waals surface area contributed by atoms with Crippen molar-refractivity contribution in [3.05, 3.63) is 62.2 Å². The van der Waals surface area contributed by atoms with Gasteiger partial charge < -0.3 is 9.73 Å². The maximum atomic E-state index is 12.4. The van der Waals surface area contributed by atoms with Crippen molar-refractivity contribution in [3.63, 3.8) is 0 Å². The first-order chi connectivity index (χ1) is 14.9. The summed E-state index contributed by atoms with van der Waals surface area (Å²) in [4.78, 5) is 26.9. The molecule has 1 N–H and O–H groups in total. The van der Waals surface area contributed by atoms with Gasteiger partial charge in [0.05, 0.1) is 15.8 Å². The lowest BCUT2D eigenvalue weighted by Gasteiger charge is -2.34. The molecule has 1 aliphatic rings. The SMILES string of the molecule is Cc1ccc(C(=O)NC2CCN(C(C)c3nnc(-c4ccc([N+](=O)[O-])cc4)o3)CC2)s1. The monoisotopic (exact) mass is 441 g/mol. The molecule has 1 atom stereocenters. The fraction of sp³-hybridized carbons (Fsp3) is 0.381. The number of nitrogens with zero attached hydrogens (tertiary/aromatic N) is 4. The van der Waals surface area contributed by atoms with Crippen LogP contribution in [0.4, 0.5) is 5.69 Å². The van der Waals surface area contributed by atoms with Crippen LogP contribution in [-0.2, 0) is 0 Å². The van der Waals surface area contributed by atoms with Crippen LogP contribution < -0.4 is 5.32 Å². The number of hydrogen-bond donors (Lipinski definition) is 1. The van der Waals surface area contributed by atoms with Crippen molar-refractivity contribution in [3.8, 4) is 11.5 Å². The summed E-state index contributed by atoms with van der Waals surface area (Å²) in [6, 6.07) is 9.95. The minimum absolute atomic E-state index is 0.00533. The van der Waals surface area contributed by atoms with E-state index in [1.54, 1.807) is 12.1 Å². The molecule has 3 heterocycles. The summed E-state index contributed by atoms with van der Waals surface area (Å²) in [6.07, 6.45) is 1.70. The molecule has 1 aromatic carbocycles. The van der Waals surface area contributed by atoms with Crippen LogP contribution in [0.1, 0.15) is 46.2 Å². The van der Waals surface area contributed by atoms with Gasteiger partial charge in [0.2, 0.25) is 11.8 Å². The first kappa shape index (κ1) is 21.1. The van der Waals surface area contributed by atoms with Gasteiger partial charge in [-0.3, -0.25) is 19.8 Å². The fourth-order valence-electron chi connectivity index (χ4n) is 3.65. The van der Waals surface area contributed by atoms with Crippen LogP contribution in [0.5, 0.6) is 0 Å². The molecule has 0 spiro atoms. The number of benzene rings is 1. The Morgan fingerprint density at radius 3 is 2.55 bits per heavy atom. The second-order valence-electron chi connectivity index (χ2n) is 7.62. The molecular weight excluding hydrogens is 418 g/mol. The fourth-order valence-corrected chi connectivity index (χ4v) is 4.42. The number of likely N-dealkylation sites (tertiary alicyclic amines) is 1. The number of thiophene rings is 1. The molecule has 1 fully saturated rings. The van der Waals surface area contributed by atoms with Gasteiger partial charge in [0.1, 0.15) is 0 Å². The van der Waals surface area contributed by atoms with E-state index < -0.39 is 4.92 Å². The van der Waals surface area contributed by atoms with Gasteiger partial charge in [-0.2, -0.15) is 0 Å². The Kier molecular flexibility index (Phi) is 6.10. The molecule has 1 unspecified atom stereocenters. The highest BCUT2D eigenvalue weighted by Crippen LogP contribution is 2.27. The Morgan fingerprint density at radius 1 is 1.23 bits per heavy atom. The van der Waals surface area contributed by atoms with Crippen molar-refractivity contribution in [2.24, 2.45) is 0 Å². The van der Waals surface area contributed by atoms with Crippen LogP contribution in [0.3, 0.4) is 0 Å². The Bertz CT molecular complexity index is 1070. The minimum Gasteiger partial charge on any atom is -0.419 e. The van der Waals surface area contributed by atoms with Gasteiger partial charge in [-0.25, -0.2) is 0 Å². The summed E-state index contributed by atoms with van der Waals surface area (Å²) in [5.41, 5.74) is 0.655. The third-order valence-electron chi connectivity index (χ3n) is 5.50. The van der Waals surface area contributed by atoms with Crippen molar-refractivity contribution in [2.75, 3.05) is 13.1 Å². The van der Waals surface area contributed by atoms with E-state index in [9.17, 15) is 14.9 Å². The number of hydrogen-bond acceptors (Lipinski definition) is 8. The summed E-state index contributed by atoms with van der Waals surface area (Å²) in [5, 5.41) is 22.2. The van der Waals surface area contributed by atoms with Crippen LogP contribution in [0.25, 0.3) is 11.5 Å². The van der Waals surface area contributed by atoms with E-state index in [1.807, 2.05) is 26.0 Å². The highest BCUT2D eigenvalue weighted by Gasteiger charge is 2.28. The number of aryl methyl sites for hydroxylation is 1. The highest BCUT2D eigenvalue weighted by atomic mass is 32.1. The van der Waals surface area contributed by atoms with Crippen molar-refractivity contribution in [2.45, 2.75) is 38.8 Å². The molecule has 0 bridgehead atoms. The quantitative estimate of drug-likeness (QED) is 0.455.